The summed E-state index contributed by atoms with van der Waals surface area (Å²) in [5, 5.41) is 2.67. The molecule has 2 aromatic rings. The Morgan fingerprint density at radius 1 is 1.07 bits per heavy atom. The molecule has 1 aliphatic rings. The van der Waals surface area contributed by atoms with Gasteiger partial charge >= 0.3 is 6.03 Å². The van der Waals surface area contributed by atoms with Crippen molar-refractivity contribution in [3.8, 4) is 11.5 Å². The van der Waals surface area contributed by atoms with Crippen LogP contribution in [0.4, 0.5) is 9.18 Å². The molecule has 1 N–H and O–H groups in total. The first-order chi connectivity index (χ1) is 13.9. The largest absolute Gasteiger partial charge is 0.493 e. The van der Waals surface area contributed by atoms with Crippen molar-refractivity contribution >= 4 is 17.7 Å². The summed E-state index contributed by atoms with van der Waals surface area (Å²) in [5.41, 5.74) is -0.595. The smallest absolute Gasteiger partial charge is 0.325 e. The van der Waals surface area contributed by atoms with Crippen molar-refractivity contribution in [3.63, 3.8) is 0 Å². The van der Waals surface area contributed by atoms with Gasteiger partial charge in [0, 0.05) is 5.56 Å². The third-order valence-electron chi connectivity index (χ3n) is 5.05. The van der Waals surface area contributed by atoms with Crippen LogP contribution in [0.2, 0.25) is 0 Å². The molecule has 1 aliphatic heterocycles. The minimum Gasteiger partial charge on any atom is -0.493 e. The first-order valence-corrected chi connectivity index (χ1v) is 9.01. The summed E-state index contributed by atoms with van der Waals surface area (Å²) in [6.07, 6.45) is 0.254. The van der Waals surface area contributed by atoms with E-state index >= 15 is 0 Å². The molecule has 0 radical (unpaired) electrons. The number of nitrogens with zero attached hydrogens (tertiary/aromatic N) is 1. The van der Waals surface area contributed by atoms with Crippen molar-refractivity contribution in [1.82, 2.24) is 10.2 Å². The number of rotatable bonds is 7. The average molecular weight is 400 g/mol. The molecule has 2 aromatic carbocycles. The Morgan fingerprint density at radius 3 is 2.31 bits per heavy atom. The van der Waals surface area contributed by atoms with Crippen molar-refractivity contribution in [2.75, 3.05) is 20.8 Å². The van der Waals surface area contributed by atoms with E-state index in [0.29, 0.717) is 17.1 Å². The number of methoxy groups -OCH3 is 2. The molecule has 3 rings (SSSR count). The van der Waals surface area contributed by atoms with Gasteiger partial charge < -0.3 is 14.8 Å². The molecule has 1 heterocycles. The lowest BCUT2D eigenvalue weighted by atomic mass is 9.87. The van der Waals surface area contributed by atoms with Gasteiger partial charge in [0.15, 0.2) is 17.3 Å². The Bertz CT molecular complexity index is 960. The van der Waals surface area contributed by atoms with Crippen LogP contribution in [0.3, 0.4) is 0 Å². The first kappa shape index (κ1) is 20.3. The molecule has 0 spiro atoms. The summed E-state index contributed by atoms with van der Waals surface area (Å²) in [6.45, 7) is 1.31. The molecule has 1 unspecified atom stereocenters. The summed E-state index contributed by atoms with van der Waals surface area (Å²) >= 11 is 0. The molecule has 0 saturated carbocycles. The zero-order valence-corrected chi connectivity index (χ0v) is 16.3. The fourth-order valence-electron chi connectivity index (χ4n) is 3.39. The normalized spacial score (nSPS) is 18.6. The maximum Gasteiger partial charge on any atom is 0.325 e. The standard InChI is InChI=1S/C21H21FN2O5/c1-4-21(14-6-8-15(22)9-7-14)19(26)24(20(27)23-21)12-16(25)13-5-10-17(28-2)18(11-13)29-3/h5-11H,4,12H2,1-3H3,(H,23,27). The van der Waals surface area contributed by atoms with Crippen molar-refractivity contribution in [1.29, 1.82) is 0 Å². The van der Waals surface area contributed by atoms with Crippen LogP contribution in [-0.4, -0.2) is 43.4 Å². The number of ketones is 1. The number of hydrogen-bond acceptors (Lipinski definition) is 5. The molecular weight excluding hydrogens is 379 g/mol. The third kappa shape index (κ3) is 3.53. The first-order valence-electron chi connectivity index (χ1n) is 9.01. The maximum absolute atomic E-state index is 13.3. The number of benzene rings is 2. The number of nitrogens with one attached hydrogen (secondary N) is 1. The van der Waals surface area contributed by atoms with Crippen LogP contribution in [0, 0.1) is 5.82 Å². The molecule has 7 nitrogen and oxygen atoms in total. The fourth-order valence-corrected chi connectivity index (χ4v) is 3.39. The van der Waals surface area contributed by atoms with E-state index in [4.69, 9.17) is 9.47 Å². The Kier molecular flexibility index (Phi) is 5.54. The summed E-state index contributed by atoms with van der Waals surface area (Å²) in [5.74, 6) is -0.603. The number of carbonyl (C=O) groups is 3. The Morgan fingerprint density at radius 2 is 1.72 bits per heavy atom. The zero-order chi connectivity index (χ0) is 21.2. The minimum absolute atomic E-state index is 0.254. The number of Topliss-reactive ketones (excluding diaryl/α,β-unsaturated/α-hetero) is 1. The molecule has 152 valence electrons. The van der Waals surface area contributed by atoms with Crippen LogP contribution in [0.5, 0.6) is 11.5 Å². The molecule has 1 fully saturated rings. The zero-order valence-electron chi connectivity index (χ0n) is 16.3. The molecule has 3 amide bonds. The van der Waals surface area contributed by atoms with E-state index < -0.39 is 35.6 Å². The van der Waals surface area contributed by atoms with Gasteiger partial charge in [0.1, 0.15) is 11.4 Å². The lowest BCUT2D eigenvalue weighted by molar-refractivity contribution is -0.131. The fraction of sp³-hybridized carbons (Fsp3) is 0.286. The van der Waals surface area contributed by atoms with Crippen molar-refractivity contribution < 1.29 is 28.2 Å². The van der Waals surface area contributed by atoms with Gasteiger partial charge in [0.05, 0.1) is 20.8 Å². The van der Waals surface area contributed by atoms with Crippen LogP contribution in [0.25, 0.3) is 0 Å². The Hall–Kier alpha value is -3.42. The van der Waals surface area contributed by atoms with Gasteiger partial charge in [0.2, 0.25) is 0 Å². The molecule has 1 saturated heterocycles. The van der Waals surface area contributed by atoms with E-state index in [1.807, 2.05) is 0 Å². The number of ether oxygens (including phenoxy) is 2. The molecule has 0 aliphatic carbocycles. The second kappa shape index (κ2) is 7.90. The number of carbonyl (C=O) groups excluding carboxylic acids is 3. The minimum atomic E-state index is -1.33. The number of amides is 3. The van der Waals surface area contributed by atoms with Crippen LogP contribution >= 0.6 is 0 Å². The van der Waals surface area contributed by atoms with E-state index in [0.717, 1.165) is 4.90 Å². The number of imide groups is 1. The lowest BCUT2D eigenvalue weighted by Crippen LogP contribution is -2.43. The second-order valence-corrected chi connectivity index (χ2v) is 6.58. The number of halogens is 1. The average Bonchev–Trinajstić information content (AvgIpc) is 2.98. The van der Waals surface area contributed by atoms with Crippen LogP contribution < -0.4 is 14.8 Å². The SMILES string of the molecule is CCC1(c2ccc(F)cc2)NC(=O)N(CC(=O)c2ccc(OC)c(OC)c2)C1=O. The highest BCUT2D eigenvalue weighted by molar-refractivity contribution is 6.11. The molecule has 1 atom stereocenters. The highest BCUT2D eigenvalue weighted by Gasteiger charge is 2.51. The van der Waals surface area contributed by atoms with Gasteiger partial charge in [-0.1, -0.05) is 19.1 Å². The van der Waals surface area contributed by atoms with Gasteiger partial charge in [0.25, 0.3) is 5.91 Å². The van der Waals surface area contributed by atoms with Gasteiger partial charge in [-0.15, -0.1) is 0 Å². The molecule has 8 heteroatoms. The molecule has 29 heavy (non-hydrogen) atoms. The number of urea groups is 1. The van der Waals surface area contributed by atoms with Gasteiger partial charge in [-0.05, 0) is 42.3 Å². The molecule has 0 aromatic heterocycles. The van der Waals surface area contributed by atoms with Crippen molar-refractivity contribution in [2.45, 2.75) is 18.9 Å². The highest BCUT2D eigenvalue weighted by Crippen LogP contribution is 2.33. The summed E-state index contributed by atoms with van der Waals surface area (Å²) in [7, 11) is 2.92. The predicted molar refractivity (Wildman–Crippen MR) is 102 cm³/mol. The number of hydrogen-bond donors (Lipinski definition) is 1. The summed E-state index contributed by atoms with van der Waals surface area (Å²) in [6, 6.07) is 9.30. The van der Waals surface area contributed by atoms with Crippen LogP contribution in [-0.2, 0) is 10.3 Å². The maximum atomic E-state index is 13.3. The van der Waals surface area contributed by atoms with E-state index in [-0.39, 0.29) is 12.0 Å². The third-order valence-corrected chi connectivity index (χ3v) is 5.05. The van der Waals surface area contributed by atoms with E-state index in [9.17, 15) is 18.8 Å². The van der Waals surface area contributed by atoms with E-state index in [1.54, 1.807) is 13.0 Å². The van der Waals surface area contributed by atoms with Crippen LogP contribution in [0.15, 0.2) is 42.5 Å². The summed E-state index contributed by atoms with van der Waals surface area (Å²) in [4.78, 5) is 39.2. The van der Waals surface area contributed by atoms with Crippen molar-refractivity contribution in [3.05, 3.63) is 59.4 Å². The van der Waals surface area contributed by atoms with Crippen molar-refractivity contribution in [2.24, 2.45) is 0 Å². The van der Waals surface area contributed by atoms with E-state index in [2.05, 4.69) is 5.32 Å². The highest BCUT2D eigenvalue weighted by atomic mass is 19.1. The summed E-state index contributed by atoms with van der Waals surface area (Å²) < 4.78 is 23.6. The lowest BCUT2D eigenvalue weighted by Gasteiger charge is -2.25. The van der Waals surface area contributed by atoms with Gasteiger partial charge in [-0.3, -0.25) is 14.5 Å². The van der Waals surface area contributed by atoms with Crippen LogP contribution in [0.1, 0.15) is 29.3 Å². The second-order valence-electron chi connectivity index (χ2n) is 6.58. The topological polar surface area (TPSA) is 84.9 Å². The Balaban J connectivity index is 1.86. The molecular formula is C21H21FN2O5. The quantitative estimate of drug-likeness (QED) is 0.571. The van der Waals surface area contributed by atoms with E-state index in [1.165, 1.54) is 50.6 Å². The molecule has 0 bridgehead atoms. The monoisotopic (exact) mass is 400 g/mol. The predicted octanol–water partition coefficient (Wildman–Crippen LogP) is 2.88. The van der Waals surface area contributed by atoms with Gasteiger partial charge in [-0.25, -0.2) is 9.18 Å². The Labute approximate surface area is 167 Å². The van der Waals surface area contributed by atoms with Gasteiger partial charge in [-0.2, -0.15) is 0 Å².